The van der Waals surface area contributed by atoms with E-state index >= 15 is 0 Å². The molecule has 0 unspecified atom stereocenters. The minimum Gasteiger partial charge on any atom is -0.379 e. The number of rotatable bonds is 19. The molecular formula is C36H61N9O. The Morgan fingerprint density at radius 1 is 0.739 bits per heavy atom. The topological polar surface area (TPSA) is 92.9 Å². The SMILES string of the molecule is CCCCN1CCN(c2cc(NCCCN3CCOCC3)nc(NCc3ccc(CNCCCNC4CCCCC4)cc3)n2)CC1. The number of anilines is 3. The van der Waals surface area contributed by atoms with E-state index in [1.54, 1.807) is 0 Å². The van der Waals surface area contributed by atoms with Crippen molar-refractivity contribution in [2.45, 2.75) is 83.8 Å². The van der Waals surface area contributed by atoms with E-state index in [1.807, 2.05) is 0 Å². The molecule has 1 aliphatic carbocycles. The van der Waals surface area contributed by atoms with E-state index in [-0.39, 0.29) is 0 Å². The molecular weight excluding hydrogens is 574 g/mol. The van der Waals surface area contributed by atoms with Gasteiger partial charge in [0.2, 0.25) is 5.95 Å². The van der Waals surface area contributed by atoms with Crippen LogP contribution in [0.15, 0.2) is 30.3 Å². The Balaban J connectivity index is 1.08. The normalized spacial score (nSPS) is 18.6. The number of ether oxygens (including phenoxy) is 1. The fraction of sp³-hybridized carbons (Fsp3) is 0.722. The molecule has 5 rings (SSSR count). The Morgan fingerprint density at radius 2 is 1.46 bits per heavy atom. The number of morpholine rings is 1. The van der Waals surface area contributed by atoms with E-state index in [1.165, 1.54) is 69.0 Å². The van der Waals surface area contributed by atoms with E-state index in [0.29, 0.717) is 12.5 Å². The number of aromatic nitrogens is 2. The number of benzene rings is 1. The van der Waals surface area contributed by atoms with Gasteiger partial charge in [-0.3, -0.25) is 9.80 Å². The summed E-state index contributed by atoms with van der Waals surface area (Å²) in [6, 6.07) is 11.8. The third-order valence-electron chi connectivity index (χ3n) is 9.67. The Hall–Kier alpha value is -2.50. The van der Waals surface area contributed by atoms with Gasteiger partial charge in [0.15, 0.2) is 0 Å². The maximum atomic E-state index is 5.50. The Bertz CT molecular complexity index is 1100. The van der Waals surface area contributed by atoms with Gasteiger partial charge in [-0.05, 0) is 69.4 Å². The molecule has 0 bridgehead atoms. The molecule has 1 aromatic heterocycles. The number of hydrogen-bond acceptors (Lipinski definition) is 10. The molecule has 2 saturated heterocycles. The summed E-state index contributed by atoms with van der Waals surface area (Å²) in [6.07, 6.45) is 11.7. The molecule has 0 amide bonds. The molecule has 4 N–H and O–H groups in total. The molecule has 2 aliphatic heterocycles. The summed E-state index contributed by atoms with van der Waals surface area (Å²) in [7, 11) is 0. The second-order valence-corrected chi connectivity index (χ2v) is 13.3. The second-order valence-electron chi connectivity index (χ2n) is 13.3. The number of nitrogens with zero attached hydrogens (tertiary/aromatic N) is 5. The van der Waals surface area contributed by atoms with E-state index in [0.717, 1.165) is 109 Å². The summed E-state index contributed by atoms with van der Waals surface area (Å²) in [5, 5.41) is 14.5. The molecule has 2 aromatic rings. The molecule has 0 spiro atoms. The number of piperazine rings is 1. The molecule has 3 fully saturated rings. The number of nitrogens with one attached hydrogen (secondary N) is 4. The molecule has 10 heteroatoms. The maximum Gasteiger partial charge on any atom is 0.226 e. The Labute approximate surface area is 278 Å². The highest BCUT2D eigenvalue weighted by Crippen LogP contribution is 2.21. The van der Waals surface area contributed by atoms with Gasteiger partial charge in [-0.1, -0.05) is 56.9 Å². The first-order valence-electron chi connectivity index (χ1n) is 18.4. The molecule has 0 atom stereocenters. The van der Waals surface area contributed by atoms with Crippen LogP contribution in [0.5, 0.6) is 0 Å². The average Bonchev–Trinajstić information content (AvgIpc) is 3.11. The van der Waals surface area contributed by atoms with Gasteiger partial charge in [0.05, 0.1) is 13.2 Å². The van der Waals surface area contributed by atoms with Gasteiger partial charge in [-0.25, -0.2) is 0 Å². The van der Waals surface area contributed by atoms with Gasteiger partial charge in [-0.2, -0.15) is 9.97 Å². The fourth-order valence-electron chi connectivity index (χ4n) is 6.71. The minimum atomic E-state index is 0.689. The van der Waals surface area contributed by atoms with Crippen molar-refractivity contribution in [3.63, 3.8) is 0 Å². The van der Waals surface area contributed by atoms with Gasteiger partial charge in [0.25, 0.3) is 0 Å². The molecule has 0 radical (unpaired) electrons. The van der Waals surface area contributed by atoms with Gasteiger partial charge < -0.3 is 30.9 Å². The summed E-state index contributed by atoms with van der Waals surface area (Å²) in [4.78, 5) is 17.3. The monoisotopic (exact) mass is 635 g/mol. The van der Waals surface area contributed by atoms with Crippen molar-refractivity contribution in [3.8, 4) is 0 Å². The first-order chi connectivity index (χ1) is 22.7. The van der Waals surface area contributed by atoms with E-state index in [9.17, 15) is 0 Å². The van der Waals surface area contributed by atoms with Crippen molar-refractivity contribution in [2.24, 2.45) is 0 Å². The molecule has 10 nitrogen and oxygen atoms in total. The van der Waals surface area contributed by atoms with E-state index in [2.05, 4.69) is 73.2 Å². The highest BCUT2D eigenvalue weighted by molar-refractivity contribution is 5.54. The summed E-state index contributed by atoms with van der Waals surface area (Å²) in [6.45, 7) is 17.2. The third kappa shape index (κ3) is 12.3. The predicted molar refractivity (Wildman–Crippen MR) is 191 cm³/mol. The summed E-state index contributed by atoms with van der Waals surface area (Å²) >= 11 is 0. The maximum absolute atomic E-state index is 5.50. The lowest BCUT2D eigenvalue weighted by atomic mass is 9.95. The van der Waals surface area contributed by atoms with Gasteiger partial charge in [-0.15, -0.1) is 0 Å². The largest absolute Gasteiger partial charge is 0.379 e. The molecule has 3 heterocycles. The average molecular weight is 636 g/mol. The predicted octanol–water partition coefficient (Wildman–Crippen LogP) is 4.55. The van der Waals surface area contributed by atoms with Crippen molar-refractivity contribution in [3.05, 3.63) is 41.5 Å². The van der Waals surface area contributed by atoms with Crippen LogP contribution in [0.1, 0.15) is 75.8 Å². The Kier molecular flexibility index (Phi) is 15.1. The van der Waals surface area contributed by atoms with Crippen LogP contribution in [0.3, 0.4) is 0 Å². The quantitative estimate of drug-likeness (QED) is 0.165. The summed E-state index contributed by atoms with van der Waals surface area (Å²) in [5.74, 6) is 2.60. The number of hydrogen-bond donors (Lipinski definition) is 4. The lowest BCUT2D eigenvalue weighted by Crippen LogP contribution is -2.47. The van der Waals surface area contributed by atoms with Gasteiger partial charge in [0, 0.05) is 71.0 Å². The van der Waals surface area contributed by atoms with Crippen LogP contribution in [0.2, 0.25) is 0 Å². The van der Waals surface area contributed by atoms with Crippen molar-refractivity contribution in [2.75, 3.05) is 101 Å². The van der Waals surface area contributed by atoms with Crippen LogP contribution in [0, 0.1) is 0 Å². The second kappa shape index (κ2) is 20.0. The van der Waals surface area contributed by atoms with Gasteiger partial charge in [0.1, 0.15) is 11.6 Å². The standard InChI is InChI=1S/C36H61N9O/c1-2-3-18-43-20-22-45(23-21-43)35-28-34(39-17-8-19-44-24-26-46-27-25-44)41-36(42-35)40-30-32-13-11-31(12-14-32)29-37-15-7-16-38-33-9-5-4-6-10-33/h11-14,28,33,37-38H,2-10,15-27,29-30H2,1H3,(H2,39,40,41,42). The van der Waals surface area contributed by atoms with Crippen LogP contribution in [0.4, 0.5) is 17.6 Å². The highest BCUT2D eigenvalue weighted by atomic mass is 16.5. The third-order valence-corrected chi connectivity index (χ3v) is 9.67. The van der Waals surface area contributed by atoms with E-state index in [4.69, 9.17) is 14.7 Å². The molecule has 1 aromatic carbocycles. The highest BCUT2D eigenvalue weighted by Gasteiger charge is 2.19. The molecule has 46 heavy (non-hydrogen) atoms. The number of unbranched alkanes of at least 4 members (excludes halogenated alkanes) is 1. The minimum absolute atomic E-state index is 0.689. The molecule has 3 aliphatic rings. The summed E-state index contributed by atoms with van der Waals surface area (Å²) < 4.78 is 5.50. The zero-order valence-electron chi connectivity index (χ0n) is 28.6. The Morgan fingerprint density at radius 3 is 2.22 bits per heavy atom. The summed E-state index contributed by atoms with van der Waals surface area (Å²) in [5.41, 5.74) is 2.56. The lowest BCUT2D eigenvalue weighted by molar-refractivity contribution is 0.0378. The van der Waals surface area contributed by atoms with Gasteiger partial charge >= 0.3 is 0 Å². The molecule has 1 saturated carbocycles. The zero-order chi connectivity index (χ0) is 31.7. The smallest absolute Gasteiger partial charge is 0.226 e. The van der Waals surface area contributed by atoms with Crippen molar-refractivity contribution < 1.29 is 4.74 Å². The van der Waals surface area contributed by atoms with Crippen LogP contribution in [0.25, 0.3) is 0 Å². The fourth-order valence-corrected chi connectivity index (χ4v) is 6.71. The zero-order valence-corrected chi connectivity index (χ0v) is 28.6. The first-order valence-corrected chi connectivity index (χ1v) is 18.4. The lowest BCUT2D eigenvalue weighted by Gasteiger charge is -2.35. The van der Waals surface area contributed by atoms with Crippen molar-refractivity contribution in [1.82, 2.24) is 30.4 Å². The van der Waals surface area contributed by atoms with Crippen LogP contribution in [-0.4, -0.2) is 111 Å². The molecule has 256 valence electrons. The first kappa shape index (κ1) is 34.8. The van der Waals surface area contributed by atoms with Crippen LogP contribution < -0.4 is 26.2 Å². The van der Waals surface area contributed by atoms with Crippen molar-refractivity contribution >= 4 is 17.6 Å². The van der Waals surface area contributed by atoms with Crippen LogP contribution >= 0.6 is 0 Å². The van der Waals surface area contributed by atoms with Crippen molar-refractivity contribution in [1.29, 1.82) is 0 Å². The van der Waals surface area contributed by atoms with Crippen LogP contribution in [-0.2, 0) is 17.8 Å². The van der Waals surface area contributed by atoms with E-state index < -0.39 is 0 Å².